The first-order valence-corrected chi connectivity index (χ1v) is 9.42. The lowest BCUT2D eigenvalue weighted by Crippen LogP contribution is -2.43. The second-order valence-corrected chi connectivity index (χ2v) is 8.13. The van der Waals surface area contributed by atoms with Gasteiger partial charge in [-0.25, -0.2) is 0 Å². The van der Waals surface area contributed by atoms with Crippen LogP contribution >= 0.6 is 0 Å². The second-order valence-electron chi connectivity index (χ2n) is 8.13. The molecule has 0 heterocycles. The maximum atomic E-state index is 12.7. The van der Waals surface area contributed by atoms with Crippen molar-refractivity contribution in [1.29, 1.82) is 5.26 Å². The molecule has 0 aromatic rings. The average Bonchev–Trinajstić information content (AvgIpc) is 2.60. The Morgan fingerprint density at radius 1 is 1.48 bits per heavy atom. The normalized spacial score (nSPS) is 31.7. The van der Waals surface area contributed by atoms with Crippen LogP contribution in [0, 0.1) is 40.4 Å². The molecule has 0 saturated carbocycles. The topological polar surface area (TPSA) is 70.3 Å². The number of nitrogens with zero attached hydrogens (tertiary/aromatic N) is 1. The standard InChI is InChI=1S/C21H31NO3/c1-5-21(3,4)20(24)25-18-12-15(13-23)11-16-9-8-14(2)17(19(16)18)7-6-10-22/h8-9,11,14-15,17-19,23H,5-7,12-13H2,1-4H3/t14-,15+,17-,18-,19+/m0/s1. The van der Waals surface area contributed by atoms with E-state index in [1.165, 1.54) is 0 Å². The van der Waals surface area contributed by atoms with E-state index in [1.54, 1.807) is 0 Å². The van der Waals surface area contributed by atoms with Gasteiger partial charge in [-0.15, -0.1) is 0 Å². The Hall–Kier alpha value is -1.60. The summed E-state index contributed by atoms with van der Waals surface area (Å²) in [6, 6.07) is 2.25. The number of ether oxygens (including phenoxy) is 1. The highest BCUT2D eigenvalue weighted by atomic mass is 16.5. The lowest BCUT2D eigenvalue weighted by molar-refractivity contribution is -0.165. The van der Waals surface area contributed by atoms with E-state index in [1.807, 2.05) is 20.8 Å². The SMILES string of the molecule is CCC(C)(C)C(=O)O[C@H]1C[C@H](CO)C=C2C=C[C@H](C)[C@H](CCC#N)[C@@H]21. The van der Waals surface area contributed by atoms with E-state index in [2.05, 4.69) is 31.2 Å². The fourth-order valence-electron chi connectivity index (χ4n) is 3.90. The van der Waals surface area contributed by atoms with Crippen LogP contribution < -0.4 is 0 Å². The fraction of sp³-hybridized carbons (Fsp3) is 0.714. The third-order valence-electron chi connectivity index (χ3n) is 6.00. The molecular formula is C21H31NO3. The van der Waals surface area contributed by atoms with Gasteiger partial charge in [-0.1, -0.05) is 32.1 Å². The summed E-state index contributed by atoms with van der Waals surface area (Å²) in [4.78, 5) is 12.7. The number of allylic oxidation sites excluding steroid dienone is 2. The summed E-state index contributed by atoms with van der Waals surface area (Å²) in [5.74, 6) is 0.607. The fourth-order valence-corrected chi connectivity index (χ4v) is 3.90. The van der Waals surface area contributed by atoms with Gasteiger partial charge in [0.2, 0.25) is 0 Å². The maximum Gasteiger partial charge on any atom is 0.311 e. The van der Waals surface area contributed by atoms with E-state index < -0.39 is 5.41 Å². The Morgan fingerprint density at radius 3 is 2.80 bits per heavy atom. The van der Waals surface area contributed by atoms with Gasteiger partial charge in [0, 0.05) is 24.9 Å². The van der Waals surface area contributed by atoms with Crippen molar-refractivity contribution < 1.29 is 14.6 Å². The van der Waals surface area contributed by atoms with Crippen LogP contribution in [-0.4, -0.2) is 23.8 Å². The second kappa shape index (κ2) is 8.19. The van der Waals surface area contributed by atoms with E-state index >= 15 is 0 Å². The largest absolute Gasteiger partial charge is 0.461 e. The van der Waals surface area contributed by atoms with Crippen LogP contribution in [0.15, 0.2) is 23.8 Å². The number of nitriles is 1. The summed E-state index contributed by atoms with van der Waals surface area (Å²) in [7, 11) is 0. The molecule has 0 aliphatic heterocycles. The van der Waals surface area contributed by atoms with Crippen molar-refractivity contribution in [2.75, 3.05) is 6.61 Å². The molecular weight excluding hydrogens is 314 g/mol. The Kier molecular flexibility index (Phi) is 6.46. The predicted octanol–water partition coefficient (Wildman–Crippen LogP) is 4.02. The molecule has 0 aromatic carbocycles. The zero-order valence-electron chi connectivity index (χ0n) is 15.9. The summed E-state index contributed by atoms with van der Waals surface area (Å²) in [5, 5.41) is 18.7. The van der Waals surface area contributed by atoms with Crippen LogP contribution in [0.5, 0.6) is 0 Å². The van der Waals surface area contributed by atoms with Crippen molar-refractivity contribution in [3.8, 4) is 6.07 Å². The number of hydrogen-bond acceptors (Lipinski definition) is 4. The quantitative estimate of drug-likeness (QED) is 0.738. The van der Waals surface area contributed by atoms with Crippen molar-refractivity contribution in [3.05, 3.63) is 23.8 Å². The van der Waals surface area contributed by atoms with Gasteiger partial charge in [0.1, 0.15) is 6.10 Å². The average molecular weight is 345 g/mol. The summed E-state index contributed by atoms with van der Waals surface area (Å²) >= 11 is 0. The molecule has 2 aliphatic carbocycles. The van der Waals surface area contributed by atoms with Gasteiger partial charge in [-0.2, -0.15) is 5.26 Å². The van der Waals surface area contributed by atoms with Crippen molar-refractivity contribution in [2.24, 2.45) is 29.1 Å². The molecule has 4 heteroatoms. The van der Waals surface area contributed by atoms with Crippen molar-refractivity contribution in [2.45, 2.75) is 59.5 Å². The predicted molar refractivity (Wildman–Crippen MR) is 97.4 cm³/mol. The summed E-state index contributed by atoms with van der Waals surface area (Å²) in [6.07, 6.45) is 8.89. The molecule has 0 saturated heterocycles. The monoisotopic (exact) mass is 345 g/mol. The molecule has 4 nitrogen and oxygen atoms in total. The number of fused-ring (bicyclic) bond motifs is 1. The first-order valence-electron chi connectivity index (χ1n) is 9.42. The summed E-state index contributed by atoms with van der Waals surface area (Å²) < 4.78 is 6.00. The van der Waals surface area contributed by atoms with E-state index in [4.69, 9.17) is 10.00 Å². The molecule has 0 radical (unpaired) electrons. The van der Waals surface area contributed by atoms with E-state index in [0.717, 1.165) is 18.4 Å². The van der Waals surface area contributed by atoms with Gasteiger partial charge in [0.25, 0.3) is 0 Å². The van der Waals surface area contributed by atoms with Crippen molar-refractivity contribution in [1.82, 2.24) is 0 Å². The molecule has 0 fully saturated rings. The molecule has 5 atom stereocenters. The van der Waals surface area contributed by atoms with Gasteiger partial charge in [0.05, 0.1) is 11.5 Å². The lowest BCUT2D eigenvalue weighted by Gasteiger charge is -2.43. The Bertz CT molecular complexity index is 584. The molecule has 0 bridgehead atoms. The highest BCUT2D eigenvalue weighted by Gasteiger charge is 2.43. The molecule has 1 N–H and O–H groups in total. The van der Waals surface area contributed by atoms with Gasteiger partial charge < -0.3 is 9.84 Å². The first kappa shape index (κ1) is 19.7. The van der Waals surface area contributed by atoms with Crippen LogP contribution in [0.4, 0.5) is 0 Å². The van der Waals surface area contributed by atoms with Crippen molar-refractivity contribution in [3.63, 3.8) is 0 Å². The zero-order valence-corrected chi connectivity index (χ0v) is 15.9. The van der Waals surface area contributed by atoms with Gasteiger partial charge in [0.15, 0.2) is 0 Å². The van der Waals surface area contributed by atoms with Crippen LogP contribution in [0.2, 0.25) is 0 Å². The van der Waals surface area contributed by atoms with Gasteiger partial charge in [-0.3, -0.25) is 4.79 Å². The smallest absolute Gasteiger partial charge is 0.311 e. The summed E-state index contributed by atoms with van der Waals surface area (Å²) in [6.45, 7) is 8.05. The minimum Gasteiger partial charge on any atom is -0.461 e. The zero-order chi connectivity index (χ0) is 18.6. The van der Waals surface area contributed by atoms with E-state index in [0.29, 0.717) is 18.8 Å². The molecule has 0 amide bonds. The Labute approximate surface area is 151 Å². The molecule has 2 rings (SSSR count). The molecule has 138 valence electrons. The minimum absolute atomic E-state index is 0.0171. The van der Waals surface area contributed by atoms with Crippen LogP contribution in [0.3, 0.4) is 0 Å². The number of hydrogen-bond donors (Lipinski definition) is 1. The van der Waals surface area contributed by atoms with Crippen molar-refractivity contribution >= 4 is 5.97 Å². The summed E-state index contributed by atoms with van der Waals surface area (Å²) in [5.41, 5.74) is 0.646. The third-order valence-corrected chi connectivity index (χ3v) is 6.00. The molecule has 0 unspecified atom stereocenters. The molecule has 0 aromatic heterocycles. The van der Waals surface area contributed by atoms with E-state index in [9.17, 15) is 9.90 Å². The molecule has 25 heavy (non-hydrogen) atoms. The maximum absolute atomic E-state index is 12.7. The van der Waals surface area contributed by atoms with Crippen LogP contribution in [-0.2, 0) is 9.53 Å². The number of aliphatic hydroxyl groups is 1. The number of rotatable bonds is 6. The van der Waals surface area contributed by atoms with Gasteiger partial charge in [-0.05, 0) is 50.5 Å². The number of aliphatic hydroxyl groups excluding tert-OH is 1. The van der Waals surface area contributed by atoms with Crippen LogP contribution in [0.1, 0.15) is 53.4 Å². The number of esters is 1. The number of carbonyl (C=O) groups excluding carboxylic acids is 1. The number of carbonyl (C=O) groups is 1. The lowest BCUT2D eigenvalue weighted by atomic mass is 9.65. The molecule has 0 spiro atoms. The highest BCUT2D eigenvalue weighted by molar-refractivity contribution is 5.76. The first-order chi connectivity index (χ1) is 11.8. The minimum atomic E-state index is -0.506. The van der Waals surface area contributed by atoms with E-state index in [-0.39, 0.29) is 36.4 Å². The Morgan fingerprint density at radius 2 is 2.20 bits per heavy atom. The third kappa shape index (κ3) is 4.33. The Balaban J connectivity index is 2.30. The van der Waals surface area contributed by atoms with Crippen LogP contribution in [0.25, 0.3) is 0 Å². The highest BCUT2D eigenvalue weighted by Crippen LogP contribution is 2.45. The molecule has 2 aliphatic rings. The van der Waals surface area contributed by atoms with Gasteiger partial charge >= 0.3 is 5.97 Å².